The van der Waals surface area contributed by atoms with E-state index in [1.807, 2.05) is 72.8 Å². The van der Waals surface area contributed by atoms with E-state index < -0.39 is 0 Å². The predicted octanol–water partition coefficient (Wildman–Crippen LogP) is 6.70. The Morgan fingerprint density at radius 1 is 0.892 bits per heavy atom. The van der Waals surface area contributed by atoms with Crippen molar-refractivity contribution in [3.8, 4) is 28.3 Å². The second kappa shape index (κ2) is 10.9. The number of carbonyl (C=O) groups excluding carboxylic acids is 1. The first kappa shape index (κ1) is 24.0. The van der Waals surface area contributed by atoms with Gasteiger partial charge in [-0.25, -0.2) is 4.98 Å². The lowest BCUT2D eigenvalue weighted by atomic mass is 10.0. The van der Waals surface area contributed by atoms with E-state index in [-0.39, 0.29) is 11.0 Å². The van der Waals surface area contributed by atoms with E-state index in [0.29, 0.717) is 22.7 Å². The van der Waals surface area contributed by atoms with E-state index in [0.717, 1.165) is 28.0 Å². The average molecular weight is 506 g/mol. The number of nitrogens with one attached hydrogen (secondary N) is 2. The Morgan fingerprint density at radius 3 is 2.32 bits per heavy atom. The van der Waals surface area contributed by atoms with E-state index >= 15 is 0 Å². The zero-order valence-corrected chi connectivity index (χ0v) is 20.8. The second-order valence-electron chi connectivity index (χ2n) is 8.19. The number of fused-ring (bicyclic) bond motifs is 1. The van der Waals surface area contributed by atoms with Crippen LogP contribution in [0.25, 0.3) is 39.8 Å². The fraction of sp³-hybridized carbons (Fsp3) is 0.0333. The van der Waals surface area contributed by atoms with Crippen LogP contribution in [0.3, 0.4) is 0 Å². The van der Waals surface area contributed by atoms with Crippen molar-refractivity contribution in [3.63, 3.8) is 0 Å². The van der Waals surface area contributed by atoms with Gasteiger partial charge in [-0.1, -0.05) is 54.6 Å². The molecular formula is C30H23N3O3S. The minimum Gasteiger partial charge on any atom is -0.497 e. The molecule has 0 spiro atoms. The number of methoxy groups -OCH3 is 1. The van der Waals surface area contributed by atoms with Crippen LogP contribution in [0.1, 0.15) is 5.56 Å². The Labute approximate surface area is 219 Å². The Kier molecular flexibility index (Phi) is 7.05. The molecule has 0 saturated heterocycles. The maximum absolute atomic E-state index is 12.2. The summed E-state index contributed by atoms with van der Waals surface area (Å²) in [6, 6.07) is 31.1. The van der Waals surface area contributed by atoms with Crippen molar-refractivity contribution in [2.75, 3.05) is 12.4 Å². The molecule has 0 aliphatic carbocycles. The van der Waals surface area contributed by atoms with Gasteiger partial charge in [0.1, 0.15) is 11.3 Å². The van der Waals surface area contributed by atoms with Crippen LogP contribution in [0.2, 0.25) is 0 Å². The topological polar surface area (TPSA) is 76.4 Å². The number of hydrogen-bond donors (Lipinski definition) is 2. The van der Waals surface area contributed by atoms with Crippen molar-refractivity contribution in [1.82, 2.24) is 10.3 Å². The van der Waals surface area contributed by atoms with Crippen LogP contribution in [0.5, 0.6) is 5.75 Å². The van der Waals surface area contributed by atoms with E-state index in [2.05, 4.69) is 39.9 Å². The van der Waals surface area contributed by atoms with E-state index in [9.17, 15) is 4.79 Å². The molecule has 0 saturated carbocycles. The Bertz CT molecular complexity index is 1570. The van der Waals surface area contributed by atoms with E-state index in [1.165, 1.54) is 6.08 Å². The first-order valence-corrected chi connectivity index (χ1v) is 12.0. The minimum atomic E-state index is -0.336. The molecule has 1 amide bonds. The van der Waals surface area contributed by atoms with Gasteiger partial charge in [-0.15, -0.1) is 0 Å². The lowest BCUT2D eigenvalue weighted by Gasteiger charge is -2.07. The maximum atomic E-state index is 12.2. The molecule has 0 radical (unpaired) electrons. The first-order valence-electron chi connectivity index (χ1n) is 11.6. The Hall–Kier alpha value is -4.75. The number of oxazole rings is 1. The van der Waals surface area contributed by atoms with Crippen molar-refractivity contribution >= 4 is 46.1 Å². The summed E-state index contributed by atoms with van der Waals surface area (Å²) in [7, 11) is 1.61. The van der Waals surface area contributed by atoms with Gasteiger partial charge in [0.25, 0.3) is 0 Å². The fourth-order valence-electron chi connectivity index (χ4n) is 3.77. The number of aromatic nitrogens is 1. The number of benzene rings is 4. The first-order chi connectivity index (χ1) is 18.1. The molecular weight excluding hydrogens is 482 g/mol. The predicted molar refractivity (Wildman–Crippen MR) is 151 cm³/mol. The summed E-state index contributed by atoms with van der Waals surface area (Å²) in [5.74, 6) is 0.951. The highest BCUT2D eigenvalue weighted by Crippen LogP contribution is 2.28. The Morgan fingerprint density at radius 2 is 1.59 bits per heavy atom. The number of carbonyl (C=O) groups is 1. The quantitative estimate of drug-likeness (QED) is 0.198. The highest BCUT2D eigenvalue weighted by Gasteiger charge is 2.10. The summed E-state index contributed by atoms with van der Waals surface area (Å²) >= 11 is 5.30. The molecule has 182 valence electrons. The molecule has 5 aromatic rings. The number of hydrogen-bond acceptors (Lipinski definition) is 5. The average Bonchev–Trinajstić information content (AvgIpc) is 3.36. The van der Waals surface area contributed by atoms with Gasteiger partial charge in [-0.3, -0.25) is 10.1 Å². The molecule has 2 N–H and O–H groups in total. The zero-order valence-electron chi connectivity index (χ0n) is 20.0. The molecule has 5 rings (SSSR count). The van der Waals surface area contributed by atoms with Crippen molar-refractivity contribution in [3.05, 3.63) is 109 Å². The van der Waals surface area contributed by atoms with Gasteiger partial charge in [0.05, 0.1) is 7.11 Å². The zero-order chi connectivity index (χ0) is 25.6. The number of amides is 1. The number of rotatable bonds is 6. The number of ether oxygens (including phenoxy) is 1. The summed E-state index contributed by atoms with van der Waals surface area (Å²) in [5.41, 5.74) is 6.07. The van der Waals surface area contributed by atoms with Crippen LogP contribution in [-0.4, -0.2) is 23.1 Å². The fourth-order valence-corrected chi connectivity index (χ4v) is 3.99. The van der Waals surface area contributed by atoms with Crippen LogP contribution in [0.15, 0.2) is 108 Å². The van der Waals surface area contributed by atoms with Gasteiger partial charge in [-0.05, 0) is 77.4 Å². The molecule has 0 fully saturated rings. The third kappa shape index (κ3) is 5.91. The normalized spacial score (nSPS) is 10.9. The maximum Gasteiger partial charge on any atom is 0.250 e. The van der Waals surface area contributed by atoms with Gasteiger partial charge in [0.2, 0.25) is 11.8 Å². The van der Waals surface area contributed by atoms with E-state index in [4.69, 9.17) is 21.4 Å². The van der Waals surface area contributed by atoms with Crippen LogP contribution in [-0.2, 0) is 4.79 Å². The standard InChI is InChI=1S/C30H23N3O3S/c1-35-25-15-7-20(8-16-25)9-18-28(34)33-30(37)31-24-14-17-27-26(19-24)32-29(36-27)23-12-10-22(11-13-23)21-5-3-2-4-6-21/h2-19H,1H3,(H2,31,33,34,37)/b18-9+. The lowest BCUT2D eigenvalue weighted by molar-refractivity contribution is -0.115. The van der Waals surface area contributed by atoms with Gasteiger partial charge in [0, 0.05) is 17.3 Å². The molecule has 4 aromatic carbocycles. The van der Waals surface area contributed by atoms with E-state index in [1.54, 1.807) is 13.2 Å². The number of thiocarbonyl (C=S) groups is 1. The lowest BCUT2D eigenvalue weighted by Crippen LogP contribution is -2.32. The monoisotopic (exact) mass is 505 g/mol. The molecule has 0 unspecified atom stereocenters. The highest BCUT2D eigenvalue weighted by atomic mass is 32.1. The Balaban J connectivity index is 1.22. The van der Waals surface area contributed by atoms with Crippen molar-refractivity contribution < 1.29 is 13.9 Å². The molecule has 1 aromatic heterocycles. The molecule has 0 bridgehead atoms. The van der Waals surface area contributed by atoms with Crippen LogP contribution < -0.4 is 15.4 Å². The molecule has 1 heterocycles. The summed E-state index contributed by atoms with van der Waals surface area (Å²) in [5, 5.41) is 5.85. The van der Waals surface area contributed by atoms with Gasteiger partial charge < -0.3 is 14.5 Å². The summed E-state index contributed by atoms with van der Waals surface area (Å²) in [6.45, 7) is 0. The highest BCUT2D eigenvalue weighted by molar-refractivity contribution is 7.80. The molecule has 0 aliphatic heterocycles. The third-order valence-electron chi connectivity index (χ3n) is 5.66. The molecule has 6 nitrogen and oxygen atoms in total. The van der Waals surface area contributed by atoms with Crippen LogP contribution in [0, 0.1) is 0 Å². The van der Waals surface area contributed by atoms with Gasteiger partial charge in [0.15, 0.2) is 10.7 Å². The molecule has 0 aliphatic rings. The largest absolute Gasteiger partial charge is 0.497 e. The summed E-state index contributed by atoms with van der Waals surface area (Å²) in [6.07, 6.45) is 3.12. The molecule has 7 heteroatoms. The van der Waals surface area contributed by atoms with Gasteiger partial charge in [-0.2, -0.15) is 0 Å². The SMILES string of the molecule is COc1ccc(/C=C/C(=O)NC(=S)Nc2ccc3oc(-c4ccc(-c5ccccc5)cc4)nc3c2)cc1. The van der Waals surface area contributed by atoms with Crippen LogP contribution >= 0.6 is 12.2 Å². The van der Waals surface area contributed by atoms with Crippen molar-refractivity contribution in [2.24, 2.45) is 0 Å². The van der Waals surface area contributed by atoms with Crippen molar-refractivity contribution in [2.45, 2.75) is 0 Å². The summed E-state index contributed by atoms with van der Waals surface area (Å²) in [4.78, 5) is 16.9. The van der Waals surface area contributed by atoms with Crippen LogP contribution in [0.4, 0.5) is 5.69 Å². The number of anilines is 1. The van der Waals surface area contributed by atoms with Gasteiger partial charge >= 0.3 is 0 Å². The molecule has 0 atom stereocenters. The minimum absolute atomic E-state index is 0.184. The second-order valence-corrected chi connectivity index (χ2v) is 8.60. The smallest absolute Gasteiger partial charge is 0.250 e. The summed E-state index contributed by atoms with van der Waals surface area (Å²) < 4.78 is 11.1. The van der Waals surface area contributed by atoms with Crippen molar-refractivity contribution in [1.29, 1.82) is 0 Å². The number of nitrogens with zero attached hydrogens (tertiary/aromatic N) is 1. The molecule has 37 heavy (non-hydrogen) atoms. The third-order valence-corrected chi connectivity index (χ3v) is 5.87.